The van der Waals surface area contributed by atoms with Gasteiger partial charge in [-0.05, 0) is 47.2 Å². The molecule has 2 aromatic carbocycles. The summed E-state index contributed by atoms with van der Waals surface area (Å²) in [6.45, 7) is 6.30. The number of hydrogen-bond donors (Lipinski definition) is 0. The normalized spacial score (nSPS) is 10.9. The van der Waals surface area contributed by atoms with Gasteiger partial charge in [-0.25, -0.2) is 4.39 Å². The summed E-state index contributed by atoms with van der Waals surface area (Å²) < 4.78 is 13.1. The number of halogens is 1. The Morgan fingerprint density at radius 2 is 1.76 bits per heavy atom. The molecule has 0 heterocycles. The molecule has 0 radical (unpaired) electrons. The topological polar surface area (TPSA) is 0 Å². The predicted octanol–water partition coefficient (Wildman–Crippen LogP) is 4.92. The molecule has 0 spiro atoms. The Morgan fingerprint density at radius 3 is 2.41 bits per heavy atom. The van der Waals surface area contributed by atoms with Gasteiger partial charge in [0.15, 0.2) is 0 Å². The quantitative estimate of drug-likeness (QED) is 0.684. The van der Waals surface area contributed by atoms with E-state index in [1.807, 2.05) is 13.0 Å². The van der Waals surface area contributed by atoms with Gasteiger partial charge in [-0.15, -0.1) is 0 Å². The van der Waals surface area contributed by atoms with Crippen molar-refractivity contribution in [2.75, 3.05) is 0 Å². The van der Waals surface area contributed by atoms with Crippen LogP contribution in [0.3, 0.4) is 0 Å². The molecule has 0 amide bonds. The van der Waals surface area contributed by atoms with Crippen molar-refractivity contribution in [3.05, 3.63) is 59.4 Å². The second kappa shape index (κ2) is 4.70. The highest BCUT2D eigenvalue weighted by Crippen LogP contribution is 2.26. The lowest BCUT2D eigenvalue weighted by molar-refractivity contribution is 0.627. The van der Waals surface area contributed by atoms with E-state index in [9.17, 15) is 4.39 Å². The standard InChI is InChI=1S/C16H17F/c1-11(2)13-5-4-6-14(10-13)16-8-7-15(17)9-12(16)3/h4-11H,1-3H3. The highest BCUT2D eigenvalue weighted by molar-refractivity contribution is 5.67. The molecule has 0 unspecified atom stereocenters. The smallest absolute Gasteiger partial charge is 0.123 e. The van der Waals surface area contributed by atoms with E-state index in [1.165, 1.54) is 11.6 Å². The maximum atomic E-state index is 13.1. The van der Waals surface area contributed by atoms with Crippen molar-refractivity contribution in [3.63, 3.8) is 0 Å². The first kappa shape index (κ1) is 11.8. The third-order valence-corrected chi connectivity index (χ3v) is 3.05. The Labute approximate surface area is 102 Å². The van der Waals surface area contributed by atoms with Crippen LogP contribution in [0.25, 0.3) is 11.1 Å². The van der Waals surface area contributed by atoms with E-state index in [1.54, 1.807) is 6.07 Å². The van der Waals surface area contributed by atoms with Crippen LogP contribution < -0.4 is 0 Å². The summed E-state index contributed by atoms with van der Waals surface area (Å²) in [6, 6.07) is 13.4. The molecule has 0 bridgehead atoms. The van der Waals surface area contributed by atoms with Crippen molar-refractivity contribution < 1.29 is 4.39 Å². The Bertz CT molecular complexity index is 527. The Kier molecular flexibility index (Phi) is 3.28. The summed E-state index contributed by atoms with van der Waals surface area (Å²) in [4.78, 5) is 0. The molecule has 0 nitrogen and oxygen atoms in total. The van der Waals surface area contributed by atoms with Gasteiger partial charge in [0.05, 0.1) is 0 Å². The van der Waals surface area contributed by atoms with E-state index in [4.69, 9.17) is 0 Å². The average molecular weight is 228 g/mol. The van der Waals surface area contributed by atoms with Gasteiger partial charge in [-0.2, -0.15) is 0 Å². The van der Waals surface area contributed by atoms with Crippen LogP contribution in [0.4, 0.5) is 4.39 Å². The second-order valence-corrected chi connectivity index (χ2v) is 4.74. The van der Waals surface area contributed by atoms with Crippen LogP contribution in [0, 0.1) is 12.7 Å². The third-order valence-electron chi connectivity index (χ3n) is 3.05. The highest BCUT2D eigenvalue weighted by Gasteiger charge is 2.05. The zero-order valence-corrected chi connectivity index (χ0v) is 10.5. The van der Waals surface area contributed by atoms with Crippen LogP contribution >= 0.6 is 0 Å². The molecule has 0 aliphatic heterocycles. The van der Waals surface area contributed by atoms with Crippen LogP contribution in [-0.2, 0) is 0 Å². The number of benzene rings is 2. The lowest BCUT2D eigenvalue weighted by Crippen LogP contribution is -1.90. The minimum atomic E-state index is -0.175. The van der Waals surface area contributed by atoms with Gasteiger partial charge in [0.25, 0.3) is 0 Å². The first-order valence-corrected chi connectivity index (χ1v) is 5.94. The minimum Gasteiger partial charge on any atom is -0.207 e. The second-order valence-electron chi connectivity index (χ2n) is 4.74. The monoisotopic (exact) mass is 228 g/mol. The molecule has 2 rings (SSSR count). The fraction of sp³-hybridized carbons (Fsp3) is 0.250. The van der Waals surface area contributed by atoms with E-state index in [0.29, 0.717) is 5.92 Å². The highest BCUT2D eigenvalue weighted by atomic mass is 19.1. The third kappa shape index (κ3) is 2.55. The van der Waals surface area contributed by atoms with E-state index < -0.39 is 0 Å². The largest absolute Gasteiger partial charge is 0.207 e. The molecule has 0 N–H and O–H groups in total. The predicted molar refractivity (Wildman–Crippen MR) is 70.7 cm³/mol. The van der Waals surface area contributed by atoms with Crippen molar-refractivity contribution >= 4 is 0 Å². The molecular weight excluding hydrogens is 211 g/mol. The molecule has 1 heteroatoms. The van der Waals surface area contributed by atoms with Crippen molar-refractivity contribution in [2.45, 2.75) is 26.7 Å². The molecule has 0 saturated carbocycles. The first-order valence-electron chi connectivity index (χ1n) is 5.94. The molecule has 0 aromatic heterocycles. The van der Waals surface area contributed by atoms with Gasteiger partial charge < -0.3 is 0 Å². The van der Waals surface area contributed by atoms with Gasteiger partial charge in [0.1, 0.15) is 5.82 Å². The molecule has 2 aromatic rings. The van der Waals surface area contributed by atoms with Crippen LogP contribution in [-0.4, -0.2) is 0 Å². The molecule has 0 saturated heterocycles. The van der Waals surface area contributed by atoms with Crippen LogP contribution in [0.15, 0.2) is 42.5 Å². The summed E-state index contributed by atoms with van der Waals surface area (Å²) in [5.74, 6) is 0.335. The van der Waals surface area contributed by atoms with Gasteiger partial charge in [0.2, 0.25) is 0 Å². The molecular formula is C16H17F. The summed E-state index contributed by atoms with van der Waals surface area (Å²) in [5.41, 5.74) is 4.56. The van der Waals surface area contributed by atoms with Gasteiger partial charge >= 0.3 is 0 Å². The molecule has 88 valence electrons. The summed E-state index contributed by atoms with van der Waals surface area (Å²) in [7, 11) is 0. The number of rotatable bonds is 2. The van der Waals surface area contributed by atoms with E-state index in [0.717, 1.165) is 16.7 Å². The van der Waals surface area contributed by atoms with Gasteiger partial charge in [-0.3, -0.25) is 0 Å². The average Bonchev–Trinajstić information content (AvgIpc) is 2.29. The summed E-state index contributed by atoms with van der Waals surface area (Å²) in [6.07, 6.45) is 0. The van der Waals surface area contributed by atoms with Gasteiger partial charge in [0, 0.05) is 0 Å². The number of aryl methyl sites for hydroxylation is 1. The van der Waals surface area contributed by atoms with Crippen LogP contribution in [0.1, 0.15) is 30.9 Å². The van der Waals surface area contributed by atoms with E-state index >= 15 is 0 Å². The van der Waals surface area contributed by atoms with Crippen molar-refractivity contribution in [1.82, 2.24) is 0 Å². The summed E-state index contributed by atoms with van der Waals surface area (Å²) in [5, 5.41) is 0. The van der Waals surface area contributed by atoms with E-state index in [2.05, 4.69) is 38.1 Å². The Hall–Kier alpha value is -1.63. The first-order chi connectivity index (χ1) is 8.08. The fourth-order valence-corrected chi connectivity index (χ4v) is 2.02. The SMILES string of the molecule is Cc1cc(F)ccc1-c1cccc(C(C)C)c1. The lowest BCUT2D eigenvalue weighted by Gasteiger charge is -2.10. The molecule has 0 aliphatic carbocycles. The van der Waals surface area contributed by atoms with Crippen molar-refractivity contribution in [2.24, 2.45) is 0 Å². The maximum Gasteiger partial charge on any atom is 0.123 e. The van der Waals surface area contributed by atoms with Crippen molar-refractivity contribution in [3.8, 4) is 11.1 Å². The number of hydrogen-bond acceptors (Lipinski definition) is 0. The van der Waals surface area contributed by atoms with Crippen LogP contribution in [0.5, 0.6) is 0 Å². The maximum absolute atomic E-state index is 13.1. The zero-order chi connectivity index (χ0) is 12.4. The van der Waals surface area contributed by atoms with Crippen molar-refractivity contribution in [1.29, 1.82) is 0 Å². The molecule has 17 heavy (non-hydrogen) atoms. The zero-order valence-electron chi connectivity index (χ0n) is 10.5. The molecule has 0 fully saturated rings. The van der Waals surface area contributed by atoms with Crippen LogP contribution in [0.2, 0.25) is 0 Å². The van der Waals surface area contributed by atoms with E-state index in [-0.39, 0.29) is 5.82 Å². The molecule has 0 aliphatic rings. The Balaban J connectivity index is 2.49. The minimum absolute atomic E-state index is 0.175. The summed E-state index contributed by atoms with van der Waals surface area (Å²) >= 11 is 0. The fourth-order valence-electron chi connectivity index (χ4n) is 2.02. The lowest BCUT2D eigenvalue weighted by atomic mass is 9.95. The Morgan fingerprint density at radius 1 is 1.00 bits per heavy atom. The molecule has 0 atom stereocenters. The van der Waals surface area contributed by atoms with Gasteiger partial charge in [-0.1, -0.05) is 44.2 Å².